The van der Waals surface area contributed by atoms with Gasteiger partial charge in [-0.05, 0) is 32.6 Å². The van der Waals surface area contributed by atoms with Gasteiger partial charge in [0.2, 0.25) is 0 Å². The van der Waals surface area contributed by atoms with Gasteiger partial charge < -0.3 is 5.32 Å². The lowest BCUT2D eigenvalue weighted by Gasteiger charge is -2.21. The monoisotopic (exact) mass is 235 g/mol. The molecule has 1 aliphatic rings. The molecular formula is C11H13N3OS. The van der Waals surface area contributed by atoms with Gasteiger partial charge in [-0.2, -0.15) is 5.26 Å². The number of rotatable bonds is 2. The number of amides is 1. The Labute approximate surface area is 98.3 Å². The van der Waals surface area contributed by atoms with E-state index in [1.54, 1.807) is 12.4 Å². The Morgan fingerprint density at radius 2 is 2.31 bits per heavy atom. The van der Waals surface area contributed by atoms with Gasteiger partial charge in [-0.25, -0.2) is 4.98 Å². The summed E-state index contributed by atoms with van der Waals surface area (Å²) in [7, 11) is 0. The number of hydrogen-bond donors (Lipinski definition) is 1. The lowest BCUT2D eigenvalue weighted by atomic mass is 10.00. The maximum absolute atomic E-state index is 12.0. The minimum atomic E-state index is -0.645. The number of carbonyl (C=O) groups is 1. The van der Waals surface area contributed by atoms with Crippen LogP contribution in [0.3, 0.4) is 0 Å². The molecule has 0 aliphatic heterocycles. The lowest BCUT2D eigenvalue weighted by molar-refractivity contribution is 0.0924. The van der Waals surface area contributed by atoms with Crippen molar-refractivity contribution >= 4 is 17.2 Å². The number of aryl methyl sites for hydroxylation is 1. The quantitative estimate of drug-likeness (QED) is 0.852. The molecule has 1 aliphatic carbocycles. The second-order valence-electron chi connectivity index (χ2n) is 4.12. The molecule has 0 atom stereocenters. The van der Waals surface area contributed by atoms with Gasteiger partial charge in [0.1, 0.15) is 10.4 Å². The van der Waals surface area contributed by atoms with Crippen LogP contribution in [0.5, 0.6) is 0 Å². The highest BCUT2D eigenvalue weighted by Gasteiger charge is 2.36. The number of nitrogens with zero attached hydrogens (tertiary/aromatic N) is 2. The maximum Gasteiger partial charge on any atom is 0.264 e. The summed E-state index contributed by atoms with van der Waals surface area (Å²) in [6.07, 6.45) is 3.53. The molecule has 1 aromatic heterocycles. The van der Waals surface area contributed by atoms with Crippen LogP contribution in [-0.4, -0.2) is 16.4 Å². The number of carbonyl (C=O) groups excluding carboxylic acids is 1. The molecule has 0 radical (unpaired) electrons. The Morgan fingerprint density at radius 1 is 1.62 bits per heavy atom. The maximum atomic E-state index is 12.0. The summed E-state index contributed by atoms with van der Waals surface area (Å²) in [4.78, 5) is 16.6. The van der Waals surface area contributed by atoms with Gasteiger partial charge in [0.05, 0.1) is 17.3 Å². The average molecular weight is 235 g/mol. The fourth-order valence-corrected chi connectivity index (χ4v) is 2.73. The van der Waals surface area contributed by atoms with Gasteiger partial charge in [0.25, 0.3) is 5.91 Å². The Hall–Kier alpha value is -1.41. The molecule has 1 saturated carbocycles. The van der Waals surface area contributed by atoms with Crippen molar-refractivity contribution in [1.29, 1.82) is 5.26 Å². The third kappa shape index (κ3) is 1.93. The molecule has 16 heavy (non-hydrogen) atoms. The van der Waals surface area contributed by atoms with Gasteiger partial charge in [0, 0.05) is 0 Å². The molecule has 1 heterocycles. The van der Waals surface area contributed by atoms with Crippen LogP contribution in [0.15, 0.2) is 5.51 Å². The number of hydrogen-bond acceptors (Lipinski definition) is 4. The molecule has 0 saturated heterocycles. The van der Waals surface area contributed by atoms with E-state index in [4.69, 9.17) is 5.26 Å². The van der Waals surface area contributed by atoms with Crippen molar-refractivity contribution in [3.05, 3.63) is 16.1 Å². The van der Waals surface area contributed by atoms with Crippen molar-refractivity contribution in [2.75, 3.05) is 0 Å². The summed E-state index contributed by atoms with van der Waals surface area (Å²) in [6.45, 7) is 1.80. The van der Waals surface area contributed by atoms with Gasteiger partial charge in [-0.3, -0.25) is 4.79 Å². The molecule has 2 rings (SSSR count). The summed E-state index contributed by atoms with van der Waals surface area (Å²) < 4.78 is 0. The average Bonchev–Trinajstić information content (AvgIpc) is 2.87. The molecule has 1 fully saturated rings. The molecule has 0 bridgehead atoms. The Balaban J connectivity index is 2.13. The number of aromatic nitrogens is 1. The van der Waals surface area contributed by atoms with Crippen LogP contribution in [0.4, 0.5) is 0 Å². The highest BCUT2D eigenvalue weighted by Crippen LogP contribution is 2.29. The van der Waals surface area contributed by atoms with Crippen LogP contribution in [0.25, 0.3) is 0 Å². The molecule has 0 spiro atoms. The van der Waals surface area contributed by atoms with Crippen LogP contribution >= 0.6 is 11.3 Å². The molecule has 1 aromatic rings. The molecule has 1 amide bonds. The van der Waals surface area contributed by atoms with E-state index >= 15 is 0 Å². The molecule has 84 valence electrons. The minimum Gasteiger partial charge on any atom is -0.333 e. The zero-order chi connectivity index (χ0) is 11.6. The first kappa shape index (κ1) is 11.1. The molecule has 0 unspecified atom stereocenters. The summed E-state index contributed by atoms with van der Waals surface area (Å²) in [5.74, 6) is -0.163. The molecule has 1 N–H and O–H groups in total. The minimum absolute atomic E-state index is 0.163. The lowest BCUT2D eigenvalue weighted by Crippen LogP contribution is -2.45. The molecule has 0 aromatic carbocycles. The van der Waals surface area contributed by atoms with Crippen molar-refractivity contribution in [3.63, 3.8) is 0 Å². The van der Waals surface area contributed by atoms with E-state index in [0.29, 0.717) is 4.88 Å². The van der Waals surface area contributed by atoms with Crippen LogP contribution in [-0.2, 0) is 0 Å². The predicted molar refractivity (Wildman–Crippen MR) is 61.1 cm³/mol. The topological polar surface area (TPSA) is 65.8 Å². The zero-order valence-electron chi connectivity index (χ0n) is 9.12. The van der Waals surface area contributed by atoms with Crippen LogP contribution in [0.2, 0.25) is 0 Å². The van der Waals surface area contributed by atoms with E-state index in [0.717, 1.165) is 31.4 Å². The second-order valence-corrected chi connectivity index (χ2v) is 4.98. The van der Waals surface area contributed by atoms with Crippen molar-refractivity contribution in [3.8, 4) is 6.07 Å². The highest BCUT2D eigenvalue weighted by atomic mass is 32.1. The largest absolute Gasteiger partial charge is 0.333 e. The first-order chi connectivity index (χ1) is 7.67. The van der Waals surface area contributed by atoms with E-state index in [9.17, 15) is 4.79 Å². The fraction of sp³-hybridized carbons (Fsp3) is 0.545. The summed E-state index contributed by atoms with van der Waals surface area (Å²) in [5.41, 5.74) is 1.74. The van der Waals surface area contributed by atoms with Gasteiger partial charge in [-0.15, -0.1) is 11.3 Å². The van der Waals surface area contributed by atoms with E-state index < -0.39 is 5.54 Å². The van der Waals surface area contributed by atoms with Crippen molar-refractivity contribution < 1.29 is 4.79 Å². The van der Waals surface area contributed by atoms with Gasteiger partial charge in [0.15, 0.2) is 0 Å². The van der Waals surface area contributed by atoms with E-state index in [-0.39, 0.29) is 5.91 Å². The third-order valence-electron chi connectivity index (χ3n) is 2.98. The van der Waals surface area contributed by atoms with Crippen molar-refractivity contribution in [2.24, 2.45) is 0 Å². The van der Waals surface area contributed by atoms with E-state index in [1.165, 1.54) is 11.3 Å². The zero-order valence-corrected chi connectivity index (χ0v) is 9.93. The van der Waals surface area contributed by atoms with Crippen molar-refractivity contribution in [1.82, 2.24) is 10.3 Å². The Morgan fingerprint density at radius 3 is 2.81 bits per heavy atom. The third-order valence-corrected chi connectivity index (χ3v) is 3.90. The standard InChI is InChI=1S/C11H13N3OS/c1-8-9(16-7-13-8)10(15)14-11(6-12)4-2-3-5-11/h7H,2-5H2,1H3,(H,14,15). The normalized spacial score (nSPS) is 18.0. The Kier molecular flexibility index (Phi) is 2.92. The predicted octanol–water partition coefficient (Wildman–Crippen LogP) is 2.02. The first-order valence-corrected chi connectivity index (χ1v) is 6.19. The Bertz CT molecular complexity index is 440. The molecule has 4 nitrogen and oxygen atoms in total. The van der Waals surface area contributed by atoms with Crippen LogP contribution in [0, 0.1) is 18.3 Å². The van der Waals surface area contributed by atoms with Crippen molar-refractivity contribution in [2.45, 2.75) is 38.1 Å². The summed E-state index contributed by atoms with van der Waals surface area (Å²) in [6, 6.07) is 2.24. The number of thiazole rings is 1. The highest BCUT2D eigenvalue weighted by molar-refractivity contribution is 7.11. The fourth-order valence-electron chi connectivity index (χ4n) is 2.04. The van der Waals surface area contributed by atoms with E-state index in [2.05, 4.69) is 16.4 Å². The SMILES string of the molecule is Cc1ncsc1C(=O)NC1(C#N)CCCC1. The molecular weight excluding hydrogens is 222 g/mol. The first-order valence-electron chi connectivity index (χ1n) is 5.31. The summed E-state index contributed by atoms with van der Waals surface area (Å²) >= 11 is 1.32. The number of nitrogens with one attached hydrogen (secondary N) is 1. The van der Waals surface area contributed by atoms with Crippen LogP contribution < -0.4 is 5.32 Å². The van der Waals surface area contributed by atoms with Crippen LogP contribution in [0.1, 0.15) is 41.0 Å². The molecule has 5 heteroatoms. The van der Waals surface area contributed by atoms with Gasteiger partial charge in [-0.1, -0.05) is 0 Å². The summed E-state index contributed by atoms with van der Waals surface area (Å²) in [5, 5.41) is 12.0. The second kappa shape index (κ2) is 4.22. The van der Waals surface area contributed by atoms with Gasteiger partial charge >= 0.3 is 0 Å². The smallest absolute Gasteiger partial charge is 0.264 e. The number of nitriles is 1. The van der Waals surface area contributed by atoms with E-state index in [1.807, 2.05) is 0 Å².